The largest absolute Gasteiger partial charge is 0.128 e. The van der Waals surface area contributed by atoms with Crippen LogP contribution in [0.4, 0.5) is 0 Å². The number of rotatable bonds is 5. The van der Waals surface area contributed by atoms with Crippen molar-refractivity contribution >= 4 is 0 Å². The quantitative estimate of drug-likeness (QED) is 0.412. The van der Waals surface area contributed by atoms with Gasteiger partial charge in [-0.3, -0.25) is 0 Å². The normalized spacial score (nSPS) is 10.9. The first-order chi connectivity index (χ1) is 5.35. The lowest BCUT2D eigenvalue weighted by Crippen LogP contribution is -1.76. The van der Waals surface area contributed by atoms with Crippen LogP contribution < -0.4 is 0 Å². The van der Waals surface area contributed by atoms with E-state index in [4.69, 9.17) is 0 Å². The van der Waals surface area contributed by atoms with Gasteiger partial charge in [-0.2, -0.15) is 0 Å². The molecule has 0 aromatic heterocycles. The standard InChI is InChI=1S/C11H18/c1-4-7-10-11(8-5-2)9-6-3/h8,10H,2,4,6-7,9H2,1,3H3/b11-10-. The Morgan fingerprint density at radius 2 is 2.09 bits per heavy atom. The fourth-order valence-electron chi connectivity index (χ4n) is 0.983. The maximum atomic E-state index is 3.57. The Labute approximate surface area is 70.3 Å². The van der Waals surface area contributed by atoms with Crippen molar-refractivity contribution in [3.63, 3.8) is 0 Å². The molecular formula is C11H18. The van der Waals surface area contributed by atoms with Crippen molar-refractivity contribution in [1.29, 1.82) is 0 Å². The minimum absolute atomic E-state index is 1.16. The predicted molar refractivity (Wildman–Crippen MR) is 51.6 cm³/mol. The van der Waals surface area contributed by atoms with Crippen molar-refractivity contribution in [2.75, 3.05) is 0 Å². The second-order valence-electron chi connectivity index (χ2n) is 2.67. The van der Waals surface area contributed by atoms with Gasteiger partial charge < -0.3 is 0 Å². The lowest BCUT2D eigenvalue weighted by Gasteiger charge is -1.96. The van der Waals surface area contributed by atoms with Crippen LogP contribution in [0.25, 0.3) is 0 Å². The molecule has 11 heavy (non-hydrogen) atoms. The molecule has 0 aliphatic carbocycles. The molecule has 0 unspecified atom stereocenters. The first-order valence-corrected chi connectivity index (χ1v) is 4.40. The third-order valence-electron chi connectivity index (χ3n) is 1.52. The van der Waals surface area contributed by atoms with Crippen molar-refractivity contribution in [2.24, 2.45) is 0 Å². The van der Waals surface area contributed by atoms with Crippen LogP contribution in [0, 0.1) is 0 Å². The van der Waals surface area contributed by atoms with Gasteiger partial charge in [0, 0.05) is 0 Å². The van der Waals surface area contributed by atoms with Crippen LogP contribution in [0.3, 0.4) is 0 Å². The molecule has 0 saturated carbocycles. The van der Waals surface area contributed by atoms with Gasteiger partial charge in [0.25, 0.3) is 0 Å². The molecule has 0 rings (SSSR count). The molecule has 0 heteroatoms. The second-order valence-corrected chi connectivity index (χ2v) is 2.67. The molecule has 0 aromatic rings. The van der Waals surface area contributed by atoms with Crippen LogP contribution >= 0.6 is 0 Å². The molecule has 0 aliphatic heterocycles. The summed E-state index contributed by atoms with van der Waals surface area (Å²) in [6.07, 6.45) is 9.02. The average molecular weight is 150 g/mol. The van der Waals surface area contributed by atoms with E-state index < -0.39 is 0 Å². The fraction of sp³-hybridized carbons (Fsp3) is 0.545. The summed E-state index contributed by atoms with van der Waals surface area (Å²) in [6, 6.07) is 0. The fourth-order valence-corrected chi connectivity index (χ4v) is 0.983. The molecule has 0 bridgehead atoms. The van der Waals surface area contributed by atoms with Gasteiger partial charge in [-0.15, -0.1) is 5.73 Å². The summed E-state index contributed by atoms with van der Waals surface area (Å²) in [6.45, 7) is 7.95. The van der Waals surface area contributed by atoms with E-state index in [0.717, 1.165) is 6.42 Å². The van der Waals surface area contributed by atoms with Gasteiger partial charge in [-0.25, -0.2) is 0 Å². The van der Waals surface area contributed by atoms with Gasteiger partial charge in [-0.05, 0) is 24.5 Å². The summed E-state index contributed by atoms with van der Waals surface area (Å²) in [5.41, 5.74) is 4.20. The number of hydrogen-bond acceptors (Lipinski definition) is 0. The molecule has 0 nitrogen and oxygen atoms in total. The first kappa shape index (κ1) is 10.3. The first-order valence-electron chi connectivity index (χ1n) is 4.40. The third kappa shape index (κ3) is 5.69. The van der Waals surface area contributed by atoms with Crippen LogP contribution in [0.5, 0.6) is 0 Å². The van der Waals surface area contributed by atoms with E-state index in [1.165, 1.54) is 24.8 Å². The highest BCUT2D eigenvalue weighted by atomic mass is 13.9. The second kappa shape index (κ2) is 7.37. The maximum absolute atomic E-state index is 3.57. The molecule has 0 saturated heterocycles. The summed E-state index contributed by atoms with van der Waals surface area (Å²) in [5.74, 6) is 0. The molecule has 0 atom stereocenters. The SMILES string of the molecule is C=C=C/C(=C/CCC)CCC. The minimum Gasteiger partial charge on any atom is -0.128 e. The van der Waals surface area contributed by atoms with Gasteiger partial charge in [0.2, 0.25) is 0 Å². The van der Waals surface area contributed by atoms with E-state index in [1.807, 2.05) is 6.08 Å². The van der Waals surface area contributed by atoms with E-state index in [-0.39, 0.29) is 0 Å². The van der Waals surface area contributed by atoms with E-state index in [1.54, 1.807) is 0 Å². The smallest absolute Gasteiger partial charge is 0.0177 e. The van der Waals surface area contributed by atoms with Gasteiger partial charge in [0.15, 0.2) is 0 Å². The van der Waals surface area contributed by atoms with Crippen LogP contribution in [0.15, 0.2) is 30.0 Å². The van der Waals surface area contributed by atoms with Crippen LogP contribution in [-0.4, -0.2) is 0 Å². The lowest BCUT2D eigenvalue weighted by molar-refractivity contribution is 0.895. The molecular weight excluding hydrogens is 132 g/mol. The zero-order chi connectivity index (χ0) is 8.53. The van der Waals surface area contributed by atoms with Crippen LogP contribution in [0.1, 0.15) is 39.5 Å². The van der Waals surface area contributed by atoms with Crippen molar-refractivity contribution < 1.29 is 0 Å². The zero-order valence-corrected chi connectivity index (χ0v) is 7.69. The van der Waals surface area contributed by atoms with Crippen LogP contribution in [0.2, 0.25) is 0 Å². The van der Waals surface area contributed by atoms with Gasteiger partial charge in [0.05, 0.1) is 0 Å². The molecule has 0 radical (unpaired) electrons. The number of allylic oxidation sites excluding steroid dienone is 3. The predicted octanol–water partition coefficient (Wildman–Crippen LogP) is 3.85. The van der Waals surface area contributed by atoms with Crippen molar-refractivity contribution in [1.82, 2.24) is 0 Å². The summed E-state index contributed by atoms with van der Waals surface area (Å²) >= 11 is 0. The average Bonchev–Trinajstić information content (AvgIpc) is 2.01. The van der Waals surface area contributed by atoms with Gasteiger partial charge in [0.1, 0.15) is 0 Å². The van der Waals surface area contributed by atoms with Crippen molar-refractivity contribution in [3.8, 4) is 0 Å². The van der Waals surface area contributed by atoms with Crippen molar-refractivity contribution in [3.05, 3.63) is 30.0 Å². The summed E-state index contributed by atoms with van der Waals surface area (Å²) in [4.78, 5) is 0. The Bertz CT molecular complexity index is 157. The molecule has 0 spiro atoms. The van der Waals surface area contributed by atoms with E-state index in [2.05, 4.69) is 32.2 Å². The Morgan fingerprint density at radius 1 is 1.36 bits per heavy atom. The molecule has 0 fully saturated rings. The number of hydrogen-bond donors (Lipinski definition) is 0. The van der Waals surface area contributed by atoms with Gasteiger partial charge >= 0.3 is 0 Å². The molecule has 0 heterocycles. The van der Waals surface area contributed by atoms with E-state index >= 15 is 0 Å². The molecule has 0 aliphatic rings. The van der Waals surface area contributed by atoms with E-state index in [9.17, 15) is 0 Å². The molecule has 0 amide bonds. The Hall–Kier alpha value is -0.740. The van der Waals surface area contributed by atoms with Crippen molar-refractivity contribution in [2.45, 2.75) is 39.5 Å². The zero-order valence-electron chi connectivity index (χ0n) is 7.69. The highest BCUT2D eigenvalue weighted by Gasteiger charge is 1.88. The summed E-state index contributed by atoms with van der Waals surface area (Å²) in [7, 11) is 0. The lowest BCUT2D eigenvalue weighted by atomic mass is 10.1. The Morgan fingerprint density at radius 3 is 2.55 bits per heavy atom. The van der Waals surface area contributed by atoms with E-state index in [0.29, 0.717) is 0 Å². The Kier molecular flexibility index (Phi) is 6.87. The monoisotopic (exact) mass is 150 g/mol. The molecule has 62 valence electrons. The molecule has 0 aromatic carbocycles. The van der Waals surface area contributed by atoms with Gasteiger partial charge in [-0.1, -0.05) is 39.3 Å². The number of unbranched alkanes of at least 4 members (excludes halogenated alkanes) is 1. The summed E-state index contributed by atoms with van der Waals surface area (Å²) < 4.78 is 0. The maximum Gasteiger partial charge on any atom is -0.0177 e. The van der Waals surface area contributed by atoms with Crippen LogP contribution in [-0.2, 0) is 0 Å². The highest BCUT2D eigenvalue weighted by molar-refractivity contribution is 5.17. The highest BCUT2D eigenvalue weighted by Crippen LogP contribution is 2.07. The topological polar surface area (TPSA) is 0 Å². The molecule has 0 N–H and O–H groups in total. The minimum atomic E-state index is 1.16. The third-order valence-corrected chi connectivity index (χ3v) is 1.52. The Balaban J connectivity index is 3.96. The summed E-state index contributed by atoms with van der Waals surface area (Å²) in [5, 5.41) is 0.